The maximum Gasteiger partial charge on any atom is 0.233 e. The van der Waals surface area contributed by atoms with Gasteiger partial charge in [0.2, 0.25) is 11.8 Å². The molecule has 1 aromatic carbocycles. The van der Waals surface area contributed by atoms with Crippen molar-refractivity contribution in [2.75, 3.05) is 0 Å². The van der Waals surface area contributed by atoms with E-state index in [0.29, 0.717) is 13.0 Å². The second-order valence-corrected chi connectivity index (χ2v) is 6.37. The Kier molecular flexibility index (Phi) is 4.02. The van der Waals surface area contributed by atoms with Crippen LogP contribution < -0.4 is 0 Å². The number of amides is 2. The van der Waals surface area contributed by atoms with E-state index in [0.717, 1.165) is 16.1 Å². The number of halogens is 1. The van der Waals surface area contributed by atoms with Gasteiger partial charge in [-0.25, -0.2) is 4.39 Å². The molecule has 1 aromatic heterocycles. The Balaban J connectivity index is 1.69. The van der Waals surface area contributed by atoms with Crippen LogP contribution in [-0.2, 0) is 22.6 Å². The fourth-order valence-corrected chi connectivity index (χ4v) is 3.35. The first kappa shape index (κ1) is 14.8. The van der Waals surface area contributed by atoms with Crippen LogP contribution in [0.5, 0.6) is 0 Å². The molecule has 0 spiro atoms. The second kappa shape index (κ2) is 5.96. The highest BCUT2D eigenvalue weighted by Crippen LogP contribution is 2.26. The Morgan fingerprint density at radius 1 is 1.32 bits per heavy atom. The van der Waals surface area contributed by atoms with Crippen LogP contribution in [0.1, 0.15) is 22.6 Å². The molecule has 2 aromatic rings. The number of aryl methyl sites for hydroxylation is 1. The summed E-state index contributed by atoms with van der Waals surface area (Å²) < 4.78 is 17.1. The Morgan fingerprint density at radius 2 is 2.05 bits per heavy atom. The van der Waals surface area contributed by atoms with Crippen molar-refractivity contribution >= 4 is 23.3 Å². The molecule has 0 radical (unpaired) electrons. The molecule has 1 atom stereocenters. The molecule has 0 N–H and O–H groups in total. The van der Waals surface area contributed by atoms with E-state index in [2.05, 4.69) is 4.37 Å². The van der Waals surface area contributed by atoms with Gasteiger partial charge >= 0.3 is 0 Å². The van der Waals surface area contributed by atoms with Crippen molar-refractivity contribution in [2.45, 2.75) is 26.3 Å². The lowest BCUT2D eigenvalue weighted by atomic mass is 9.98. The first-order valence-electron chi connectivity index (χ1n) is 7.04. The molecule has 22 heavy (non-hydrogen) atoms. The van der Waals surface area contributed by atoms with Gasteiger partial charge in [-0.05, 0) is 48.6 Å². The number of carbonyl (C=O) groups is 2. The molecule has 2 amide bonds. The van der Waals surface area contributed by atoms with E-state index in [1.54, 1.807) is 12.1 Å². The van der Waals surface area contributed by atoms with Gasteiger partial charge in [-0.1, -0.05) is 12.1 Å². The molecule has 3 rings (SSSR count). The quantitative estimate of drug-likeness (QED) is 0.815. The molecule has 0 aliphatic carbocycles. The van der Waals surface area contributed by atoms with Crippen molar-refractivity contribution in [3.63, 3.8) is 0 Å². The first-order valence-corrected chi connectivity index (χ1v) is 7.81. The molecule has 1 aliphatic heterocycles. The van der Waals surface area contributed by atoms with E-state index >= 15 is 0 Å². The van der Waals surface area contributed by atoms with Gasteiger partial charge in [0, 0.05) is 11.3 Å². The number of aromatic nitrogens is 1. The fraction of sp³-hybridized carbons (Fsp3) is 0.312. The Hall–Kier alpha value is -2.08. The lowest BCUT2D eigenvalue weighted by Gasteiger charge is -2.13. The summed E-state index contributed by atoms with van der Waals surface area (Å²) in [5.41, 5.74) is 1.75. The maximum atomic E-state index is 12.9. The van der Waals surface area contributed by atoms with Crippen LogP contribution in [0.25, 0.3) is 0 Å². The number of carbonyl (C=O) groups excluding carboxylic acids is 2. The molecule has 0 bridgehead atoms. The molecule has 1 unspecified atom stereocenters. The highest BCUT2D eigenvalue weighted by molar-refractivity contribution is 7.05. The van der Waals surface area contributed by atoms with Crippen LogP contribution >= 0.6 is 11.5 Å². The van der Waals surface area contributed by atoms with Gasteiger partial charge < -0.3 is 0 Å². The lowest BCUT2D eigenvalue weighted by molar-refractivity contribution is -0.140. The zero-order valence-electron chi connectivity index (χ0n) is 12.1. The monoisotopic (exact) mass is 318 g/mol. The summed E-state index contributed by atoms with van der Waals surface area (Å²) in [7, 11) is 0. The zero-order valence-corrected chi connectivity index (χ0v) is 12.9. The van der Waals surface area contributed by atoms with Crippen molar-refractivity contribution < 1.29 is 14.0 Å². The summed E-state index contributed by atoms with van der Waals surface area (Å²) in [6.45, 7) is 2.17. The normalized spacial score (nSPS) is 18.3. The van der Waals surface area contributed by atoms with Crippen LogP contribution in [-0.4, -0.2) is 21.1 Å². The zero-order chi connectivity index (χ0) is 15.7. The predicted octanol–water partition coefficient (Wildman–Crippen LogP) is 2.71. The summed E-state index contributed by atoms with van der Waals surface area (Å²) in [4.78, 5) is 26.7. The van der Waals surface area contributed by atoms with Gasteiger partial charge in [0.1, 0.15) is 5.82 Å². The minimum atomic E-state index is -0.355. The van der Waals surface area contributed by atoms with Crippen molar-refractivity contribution in [3.05, 3.63) is 52.3 Å². The summed E-state index contributed by atoms with van der Waals surface area (Å²) in [6.07, 6.45) is 0.678. The molecule has 0 saturated carbocycles. The van der Waals surface area contributed by atoms with Crippen LogP contribution in [0.2, 0.25) is 0 Å². The number of imide groups is 1. The third-order valence-corrected chi connectivity index (χ3v) is 4.58. The van der Waals surface area contributed by atoms with E-state index in [1.807, 2.05) is 13.0 Å². The lowest BCUT2D eigenvalue weighted by Crippen LogP contribution is -2.30. The van der Waals surface area contributed by atoms with Crippen molar-refractivity contribution in [1.82, 2.24) is 9.27 Å². The summed E-state index contributed by atoms with van der Waals surface area (Å²) in [6, 6.07) is 7.94. The average Bonchev–Trinajstić information content (AvgIpc) is 3.00. The number of rotatable bonds is 4. The molecule has 1 aliphatic rings. The maximum absolute atomic E-state index is 12.9. The fourth-order valence-electron chi connectivity index (χ4n) is 2.63. The number of likely N-dealkylation sites (tertiary alicyclic amines) is 1. The molecule has 4 nitrogen and oxygen atoms in total. The average molecular weight is 318 g/mol. The van der Waals surface area contributed by atoms with E-state index in [9.17, 15) is 14.0 Å². The number of hydrogen-bond donors (Lipinski definition) is 0. The minimum Gasteiger partial charge on any atom is -0.277 e. The van der Waals surface area contributed by atoms with Crippen molar-refractivity contribution in [3.8, 4) is 0 Å². The minimum absolute atomic E-state index is 0.150. The van der Waals surface area contributed by atoms with Gasteiger partial charge in [0.25, 0.3) is 0 Å². The van der Waals surface area contributed by atoms with E-state index < -0.39 is 0 Å². The van der Waals surface area contributed by atoms with Gasteiger partial charge in [-0.2, -0.15) is 4.37 Å². The molecular weight excluding hydrogens is 303 g/mol. The molecule has 6 heteroatoms. The highest BCUT2D eigenvalue weighted by Gasteiger charge is 2.38. The SMILES string of the molecule is Cc1cc(CN2C(=O)CC(Cc3ccc(F)cc3)C2=O)sn1. The Bertz CT molecular complexity index is 711. The van der Waals surface area contributed by atoms with Crippen LogP contribution in [0.15, 0.2) is 30.3 Å². The van der Waals surface area contributed by atoms with Crippen LogP contribution in [0, 0.1) is 18.7 Å². The standard InChI is InChI=1S/C16H15FN2O2S/c1-10-6-14(22-18-10)9-19-15(20)8-12(16(19)21)7-11-2-4-13(17)5-3-11/h2-6,12H,7-9H2,1H3. The number of nitrogens with zero attached hydrogens (tertiary/aromatic N) is 2. The molecule has 114 valence electrons. The molecule has 1 saturated heterocycles. The van der Waals surface area contributed by atoms with Crippen LogP contribution in [0.3, 0.4) is 0 Å². The largest absolute Gasteiger partial charge is 0.277 e. The van der Waals surface area contributed by atoms with Gasteiger partial charge in [-0.15, -0.1) is 0 Å². The van der Waals surface area contributed by atoms with Crippen LogP contribution in [0.4, 0.5) is 4.39 Å². The highest BCUT2D eigenvalue weighted by atomic mass is 32.1. The smallest absolute Gasteiger partial charge is 0.233 e. The second-order valence-electron chi connectivity index (χ2n) is 5.48. The van der Waals surface area contributed by atoms with E-state index in [4.69, 9.17) is 0 Å². The third kappa shape index (κ3) is 3.06. The molecular formula is C16H15FN2O2S. The van der Waals surface area contributed by atoms with E-state index in [1.165, 1.54) is 28.6 Å². The predicted molar refractivity (Wildman–Crippen MR) is 80.6 cm³/mol. The number of benzene rings is 1. The first-order chi connectivity index (χ1) is 10.5. The van der Waals surface area contributed by atoms with Gasteiger partial charge in [-0.3, -0.25) is 14.5 Å². The Labute approximate surface area is 131 Å². The topological polar surface area (TPSA) is 50.3 Å². The number of hydrogen-bond acceptors (Lipinski definition) is 4. The van der Waals surface area contributed by atoms with Crippen molar-refractivity contribution in [1.29, 1.82) is 0 Å². The Morgan fingerprint density at radius 3 is 2.68 bits per heavy atom. The van der Waals surface area contributed by atoms with E-state index in [-0.39, 0.29) is 30.0 Å². The third-order valence-electron chi connectivity index (χ3n) is 3.72. The summed E-state index contributed by atoms with van der Waals surface area (Å²) >= 11 is 1.31. The summed E-state index contributed by atoms with van der Waals surface area (Å²) in [5, 5.41) is 0. The van der Waals surface area contributed by atoms with Crippen molar-refractivity contribution in [2.24, 2.45) is 5.92 Å². The van der Waals surface area contributed by atoms with Gasteiger partial charge in [0.15, 0.2) is 0 Å². The van der Waals surface area contributed by atoms with Gasteiger partial charge in [0.05, 0.1) is 18.2 Å². The molecule has 2 heterocycles. The molecule has 1 fully saturated rings. The summed E-state index contributed by atoms with van der Waals surface area (Å²) in [5.74, 6) is -0.963.